The van der Waals surface area contributed by atoms with Crippen molar-refractivity contribution < 1.29 is 96.8 Å². The first-order valence-electron chi connectivity index (χ1n) is 35.1. The van der Waals surface area contributed by atoms with Gasteiger partial charge in [-0.3, -0.25) is 81.5 Å². The van der Waals surface area contributed by atoms with Gasteiger partial charge in [-0.25, -0.2) is 9.97 Å². The van der Waals surface area contributed by atoms with Gasteiger partial charge in [0.05, 0.1) is 56.0 Å². The van der Waals surface area contributed by atoms with E-state index in [1.165, 1.54) is 70.1 Å². The Bertz CT molecular complexity index is 3830. The Morgan fingerprint density at radius 1 is 0.427 bits per heavy atom. The van der Waals surface area contributed by atoms with Crippen LogP contribution in [0.25, 0.3) is 0 Å². The summed E-state index contributed by atoms with van der Waals surface area (Å²) < 4.78 is 0. The summed E-state index contributed by atoms with van der Waals surface area (Å²) in [6, 6.07) is -4.18. The molecule has 0 radical (unpaired) electrons. The minimum absolute atomic E-state index is 0.0000800. The van der Waals surface area contributed by atoms with Crippen LogP contribution in [-0.2, 0) is 107 Å². The molecule has 0 aliphatic heterocycles. The first-order chi connectivity index (χ1) is 51.9. The maximum absolute atomic E-state index is 14.4. The van der Waals surface area contributed by atoms with Crippen LogP contribution in [0, 0.1) is 11.8 Å². The number of hydrogen-bond donors (Lipinski definition) is 22. The first kappa shape index (κ1) is 90.0. The maximum atomic E-state index is 14.4. The van der Waals surface area contributed by atoms with Gasteiger partial charge in [0.25, 0.3) is 0 Å². The van der Waals surface area contributed by atoms with Crippen LogP contribution in [0.5, 0.6) is 5.75 Å². The lowest BCUT2D eigenvalue weighted by atomic mass is 9.99. The summed E-state index contributed by atoms with van der Waals surface area (Å²) in [4.78, 5) is 240. The number of carboxylic acids is 2. The molecule has 0 aliphatic carbocycles. The number of carboxylic acid groups (broad SMARTS) is 2. The number of aromatic hydroxyl groups is 1. The first-order valence-corrected chi connectivity index (χ1v) is 35.1. The molecule has 0 unspecified atom stereocenters. The van der Waals surface area contributed by atoms with Crippen molar-refractivity contribution in [1.82, 2.24) is 89.1 Å². The third-order valence-electron chi connectivity index (χ3n) is 16.7. The van der Waals surface area contributed by atoms with E-state index in [4.69, 9.17) is 28.0 Å². The van der Waals surface area contributed by atoms with Gasteiger partial charge < -0.3 is 117 Å². The largest absolute Gasteiger partial charge is 0.508 e. The number of amides is 15. The smallest absolute Gasteiger partial charge is 0.305 e. The highest BCUT2D eigenvalue weighted by Crippen LogP contribution is 2.15. The summed E-state index contributed by atoms with van der Waals surface area (Å²) in [6.45, 7) is 7.18. The van der Waals surface area contributed by atoms with E-state index in [2.05, 4.69) is 89.1 Å². The van der Waals surface area contributed by atoms with E-state index in [0.717, 1.165) is 6.92 Å². The van der Waals surface area contributed by atoms with Crippen molar-refractivity contribution in [2.75, 3.05) is 19.6 Å². The Labute approximate surface area is 631 Å². The Balaban J connectivity index is 1.42. The molecule has 12 atom stereocenters. The average Bonchev–Trinajstić information content (AvgIpc) is 1.11. The lowest BCUT2D eigenvalue weighted by molar-refractivity contribution is -0.141. The molecule has 0 bridgehead atoms. The third kappa shape index (κ3) is 31.9. The second-order valence-electron chi connectivity index (χ2n) is 26.5. The Morgan fingerprint density at radius 2 is 0.836 bits per heavy atom. The highest BCUT2D eigenvalue weighted by molar-refractivity contribution is 6.00. The highest BCUT2D eigenvalue weighted by Gasteiger charge is 2.37. The predicted octanol–water partition coefficient (Wildman–Crippen LogP) is -6.82. The fourth-order valence-electron chi connectivity index (χ4n) is 10.6. The molecule has 4 rings (SSSR count). The zero-order valence-electron chi connectivity index (χ0n) is 61.5. The molecular formula is C69H99N21O20. The number of nitrogens with two attached hydrogens (primary N) is 4. The van der Waals surface area contributed by atoms with E-state index in [1.807, 2.05) is 0 Å². The molecule has 41 heteroatoms. The number of H-pyrrole nitrogens is 2. The Morgan fingerprint density at radius 3 is 1.33 bits per heavy atom. The number of aromatic nitrogens is 4. The van der Waals surface area contributed by atoms with E-state index < -0.39 is 224 Å². The number of carbonyl (C=O) groups is 17. The number of benzene rings is 2. The summed E-state index contributed by atoms with van der Waals surface area (Å²) in [6.07, 6.45) is 2.60. The highest BCUT2D eigenvalue weighted by atomic mass is 16.4. The van der Waals surface area contributed by atoms with Gasteiger partial charge in [0, 0.05) is 44.5 Å². The molecule has 0 saturated heterocycles. The van der Waals surface area contributed by atoms with Gasteiger partial charge in [0.1, 0.15) is 72.2 Å². The van der Waals surface area contributed by atoms with Gasteiger partial charge in [-0.15, -0.1) is 0 Å². The number of hydrogen-bond acceptors (Lipinski definition) is 22. The van der Waals surface area contributed by atoms with E-state index in [-0.39, 0.29) is 50.1 Å². The lowest BCUT2D eigenvalue weighted by Crippen LogP contribution is -2.60. The number of rotatable bonds is 48. The average molecular weight is 1540 g/mol. The number of unbranched alkanes of at least 4 members (excludes halogenated alkanes) is 1. The number of carbonyl (C=O) groups excluding carboxylic acids is 15. The van der Waals surface area contributed by atoms with Crippen LogP contribution < -0.4 is 92.1 Å². The third-order valence-corrected chi connectivity index (χ3v) is 16.7. The quantitative estimate of drug-likeness (QED) is 0.0183. The van der Waals surface area contributed by atoms with Crippen molar-refractivity contribution in [3.8, 4) is 5.75 Å². The summed E-state index contributed by atoms with van der Waals surface area (Å²) in [5, 5.41) is 60.4. The number of imidazole rings is 2. The molecule has 0 fully saturated rings. The molecule has 26 N–H and O–H groups in total. The van der Waals surface area contributed by atoms with Crippen LogP contribution in [0.1, 0.15) is 109 Å². The minimum atomic E-state index is -1.94. The summed E-state index contributed by atoms with van der Waals surface area (Å²) in [5.74, 6) is -19.2. The maximum Gasteiger partial charge on any atom is 0.305 e. The molecule has 2 heterocycles. The molecule has 41 nitrogen and oxygen atoms in total. The molecule has 2 aromatic heterocycles. The van der Waals surface area contributed by atoms with Gasteiger partial charge in [-0.2, -0.15) is 0 Å². The summed E-state index contributed by atoms with van der Waals surface area (Å²) in [7, 11) is 0. The molecule has 600 valence electrons. The van der Waals surface area contributed by atoms with Crippen molar-refractivity contribution in [3.05, 3.63) is 102 Å². The standard InChI is InChI=1S/C69H99N21O20/c1-34(2)56(90-69(110)57(35(3)4)89-60(101)37(6)80-62(103)44(14-10-11-21-70)85-65(106)47(22-38-12-8-7-9-13-38)82-52(93)30-76-61(102)43(71)26-54(95)96)68(109)77-31-53(94)83-50(27-55(97)98)64(105)81-36(5)59(100)84-45(19-20-51(72)92)63(104)87-48(23-39-15-17-42(91)18-16-39)66(107)88-49(25-41-29-75-33-79-41)67(108)86-46(58(73)99)24-40-28-74-32-78-40/h7-9,12-13,15-18,28-29,32-37,43-50,56-57,91H,10-11,14,19-27,30-31,70-71H2,1-6H3,(H2,72,92)(H2,73,99)(H,74,78)(H,75,79)(H,76,102)(H,77,109)(H,80,103)(H,81,105)(H,82,93)(H,83,94)(H,84,100)(H,85,106)(H,86,108)(H,87,104)(H,88,107)(H,89,101)(H,90,110)(H,95,96)(H,97,98)/t36-,37-,43-,44-,45-,46-,47-,48-,49-,50-,56-,57-/m0/s1. The monoisotopic (exact) mass is 1540 g/mol. The van der Waals surface area contributed by atoms with Crippen LogP contribution in [0.3, 0.4) is 0 Å². The normalized spacial score (nSPS) is 14.3. The molecule has 4 aromatic rings. The van der Waals surface area contributed by atoms with Crippen molar-refractivity contribution in [3.63, 3.8) is 0 Å². The SMILES string of the molecule is CC(C)[C@H](NC(=O)[C@H](C)NC(=O)[C@H](CCCCN)NC(=O)[C@H](Cc1ccccc1)NC(=O)CNC(=O)[C@@H](N)CC(=O)O)C(=O)N[C@H](C(=O)NCC(=O)N[C@@H](CC(=O)O)C(=O)N[C@@H](C)C(=O)N[C@@H](CCC(N)=O)C(=O)N[C@@H](Cc1ccc(O)cc1)C(=O)N[C@@H](Cc1c[nH]cn1)C(=O)N[C@@H](Cc1c[nH]cn1)C(N)=O)C(C)C. The van der Waals surface area contributed by atoms with Crippen LogP contribution in [-0.4, -0.2) is 228 Å². The van der Waals surface area contributed by atoms with Gasteiger partial charge >= 0.3 is 11.9 Å². The fourth-order valence-corrected chi connectivity index (χ4v) is 10.6. The fraction of sp³-hybridized carbons (Fsp3) is 0.493. The van der Waals surface area contributed by atoms with E-state index in [0.29, 0.717) is 29.7 Å². The number of aliphatic carboxylic acids is 2. The minimum Gasteiger partial charge on any atom is -0.508 e. The zero-order valence-corrected chi connectivity index (χ0v) is 61.5. The van der Waals surface area contributed by atoms with E-state index in [9.17, 15) is 91.7 Å². The van der Waals surface area contributed by atoms with Crippen molar-refractivity contribution in [2.45, 2.75) is 185 Å². The molecule has 0 aliphatic rings. The van der Waals surface area contributed by atoms with Gasteiger partial charge in [0.2, 0.25) is 88.6 Å². The van der Waals surface area contributed by atoms with Gasteiger partial charge in [0.15, 0.2) is 0 Å². The Hall–Kier alpha value is -12.4. The van der Waals surface area contributed by atoms with E-state index >= 15 is 0 Å². The topological polar surface area (TPSA) is 669 Å². The van der Waals surface area contributed by atoms with Crippen LogP contribution in [0.4, 0.5) is 0 Å². The van der Waals surface area contributed by atoms with Crippen molar-refractivity contribution in [1.29, 1.82) is 0 Å². The molecule has 0 spiro atoms. The van der Waals surface area contributed by atoms with E-state index in [1.54, 1.807) is 44.2 Å². The summed E-state index contributed by atoms with van der Waals surface area (Å²) >= 11 is 0. The van der Waals surface area contributed by atoms with Crippen molar-refractivity contribution >= 4 is 101 Å². The molecule has 0 saturated carbocycles. The van der Waals surface area contributed by atoms with Crippen LogP contribution >= 0.6 is 0 Å². The number of phenols is 1. The second-order valence-corrected chi connectivity index (χ2v) is 26.5. The van der Waals surface area contributed by atoms with Crippen molar-refractivity contribution in [2.24, 2.45) is 34.8 Å². The number of primary amides is 2. The molecule has 110 heavy (non-hydrogen) atoms. The number of aromatic amines is 2. The number of phenolic OH excluding ortho intramolecular Hbond substituents is 1. The van der Waals surface area contributed by atoms with Crippen LogP contribution in [0.2, 0.25) is 0 Å². The lowest BCUT2D eigenvalue weighted by Gasteiger charge is -2.28. The van der Waals surface area contributed by atoms with Gasteiger partial charge in [-0.1, -0.05) is 70.2 Å². The number of nitrogens with zero attached hydrogens (tertiary/aromatic N) is 2. The molecule has 2 aromatic carbocycles. The molecular weight excluding hydrogens is 1440 g/mol. The molecule has 15 amide bonds. The zero-order chi connectivity index (χ0) is 81.9. The predicted molar refractivity (Wildman–Crippen MR) is 388 cm³/mol. The Kier molecular flexibility index (Phi) is 37.0. The number of nitrogens with one attached hydrogen (secondary N) is 15. The van der Waals surface area contributed by atoms with Gasteiger partial charge in [-0.05, 0) is 81.2 Å². The second kappa shape index (κ2) is 45.3. The van der Waals surface area contributed by atoms with Crippen LogP contribution in [0.15, 0.2) is 79.6 Å². The summed E-state index contributed by atoms with van der Waals surface area (Å²) in [5.41, 5.74) is 24.0.